The molecule has 0 radical (unpaired) electrons. The molecule has 0 amide bonds. The first-order valence-electron chi connectivity index (χ1n) is 7.74. The summed E-state index contributed by atoms with van der Waals surface area (Å²) in [7, 11) is 1.31. The van der Waals surface area contributed by atoms with E-state index in [4.69, 9.17) is 21.1 Å². The molecule has 0 aliphatic heterocycles. The Kier molecular flexibility index (Phi) is 5.97. The molecule has 9 heteroatoms. The SMILES string of the molecule is COC(=O)c1cc2cnc(Cl)nc2n1CCNCC(=O)OC(C)(C)C. The van der Waals surface area contributed by atoms with Crippen LogP contribution < -0.4 is 5.32 Å². The minimum absolute atomic E-state index is 0.0692. The van der Waals surface area contributed by atoms with E-state index in [0.29, 0.717) is 29.8 Å². The minimum Gasteiger partial charge on any atom is -0.464 e. The van der Waals surface area contributed by atoms with E-state index in [1.807, 2.05) is 20.8 Å². The van der Waals surface area contributed by atoms with Crippen molar-refractivity contribution in [1.29, 1.82) is 0 Å². The summed E-state index contributed by atoms with van der Waals surface area (Å²) in [4.78, 5) is 31.7. The van der Waals surface area contributed by atoms with Gasteiger partial charge in [0.1, 0.15) is 16.9 Å². The van der Waals surface area contributed by atoms with Gasteiger partial charge in [-0.3, -0.25) is 4.79 Å². The van der Waals surface area contributed by atoms with Crippen LogP contribution in [0.4, 0.5) is 0 Å². The highest BCUT2D eigenvalue weighted by Gasteiger charge is 2.18. The van der Waals surface area contributed by atoms with Gasteiger partial charge in [-0.1, -0.05) is 0 Å². The van der Waals surface area contributed by atoms with Gasteiger partial charge in [-0.25, -0.2) is 9.78 Å². The summed E-state index contributed by atoms with van der Waals surface area (Å²) in [6.45, 7) is 6.31. The quantitative estimate of drug-likeness (QED) is 0.472. The maximum Gasteiger partial charge on any atom is 0.354 e. The van der Waals surface area contributed by atoms with E-state index in [9.17, 15) is 9.59 Å². The number of hydrogen-bond acceptors (Lipinski definition) is 7. The fourth-order valence-corrected chi connectivity index (χ4v) is 2.41. The molecule has 0 unspecified atom stereocenters. The van der Waals surface area contributed by atoms with Crippen molar-refractivity contribution in [3.05, 3.63) is 23.2 Å². The van der Waals surface area contributed by atoms with Crippen LogP contribution in [0, 0.1) is 0 Å². The van der Waals surface area contributed by atoms with E-state index in [1.54, 1.807) is 16.8 Å². The molecular formula is C16H21ClN4O4. The summed E-state index contributed by atoms with van der Waals surface area (Å²) in [5.74, 6) is -0.829. The van der Waals surface area contributed by atoms with Crippen LogP contribution in [0.2, 0.25) is 5.28 Å². The molecule has 0 saturated carbocycles. The van der Waals surface area contributed by atoms with Gasteiger partial charge in [0.15, 0.2) is 0 Å². The lowest BCUT2D eigenvalue weighted by atomic mass is 10.2. The molecule has 136 valence electrons. The Morgan fingerprint density at radius 1 is 1.36 bits per heavy atom. The summed E-state index contributed by atoms with van der Waals surface area (Å²) in [5.41, 5.74) is 0.341. The largest absolute Gasteiger partial charge is 0.464 e. The Morgan fingerprint density at radius 3 is 2.72 bits per heavy atom. The lowest BCUT2D eigenvalue weighted by Crippen LogP contribution is -2.33. The van der Waals surface area contributed by atoms with Gasteiger partial charge < -0.3 is 19.4 Å². The average Bonchev–Trinajstić information content (AvgIpc) is 2.87. The fraction of sp³-hybridized carbons (Fsp3) is 0.500. The van der Waals surface area contributed by atoms with Crippen molar-refractivity contribution in [2.75, 3.05) is 20.2 Å². The standard InChI is InChI=1S/C16H21ClN4O4/c1-16(2,3)25-12(22)9-18-5-6-21-11(14(23)24-4)7-10-8-19-15(17)20-13(10)21/h7-8,18H,5-6,9H2,1-4H3. The molecule has 2 aromatic rings. The smallest absolute Gasteiger partial charge is 0.354 e. The highest BCUT2D eigenvalue weighted by Crippen LogP contribution is 2.19. The number of hydrogen-bond donors (Lipinski definition) is 1. The second kappa shape index (κ2) is 7.79. The number of ether oxygens (including phenoxy) is 2. The van der Waals surface area contributed by atoms with Gasteiger partial charge in [-0.2, -0.15) is 4.98 Å². The third kappa shape index (κ3) is 5.14. The Hall–Kier alpha value is -2.19. The first-order chi connectivity index (χ1) is 11.7. The molecule has 1 N–H and O–H groups in total. The molecule has 0 aromatic carbocycles. The molecule has 0 aliphatic carbocycles. The van der Waals surface area contributed by atoms with Crippen LogP contribution in [-0.2, 0) is 20.8 Å². The summed E-state index contributed by atoms with van der Waals surface area (Å²) in [6.07, 6.45) is 1.54. The van der Waals surface area contributed by atoms with Crippen LogP contribution >= 0.6 is 11.6 Å². The summed E-state index contributed by atoms with van der Waals surface area (Å²) in [5, 5.41) is 3.75. The molecule has 0 saturated heterocycles. The van der Waals surface area contributed by atoms with Crippen molar-refractivity contribution in [3.63, 3.8) is 0 Å². The van der Waals surface area contributed by atoms with Crippen LogP contribution in [0.3, 0.4) is 0 Å². The van der Waals surface area contributed by atoms with Crippen molar-refractivity contribution in [2.24, 2.45) is 0 Å². The van der Waals surface area contributed by atoms with Crippen LogP contribution in [-0.4, -0.2) is 52.3 Å². The number of nitrogens with one attached hydrogen (secondary N) is 1. The van der Waals surface area contributed by atoms with Crippen LogP contribution in [0.25, 0.3) is 11.0 Å². The third-order valence-corrected chi connectivity index (χ3v) is 3.38. The molecule has 0 aliphatic rings. The van der Waals surface area contributed by atoms with Gasteiger partial charge in [0.25, 0.3) is 0 Å². The van der Waals surface area contributed by atoms with Gasteiger partial charge >= 0.3 is 11.9 Å². The van der Waals surface area contributed by atoms with Gasteiger partial charge in [0, 0.05) is 24.7 Å². The lowest BCUT2D eigenvalue weighted by molar-refractivity contribution is -0.153. The topological polar surface area (TPSA) is 95.3 Å². The maximum absolute atomic E-state index is 12.0. The van der Waals surface area contributed by atoms with E-state index in [1.165, 1.54) is 7.11 Å². The van der Waals surface area contributed by atoms with Crippen molar-refractivity contribution in [3.8, 4) is 0 Å². The first-order valence-corrected chi connectivity index (χ1v) is 8.11. The predicted molar refractivity (Wildman–Crippen MR) is 92.6 cm³/mol. The molecule has 2 aromatic heterocycles. The second-order valence-electron chi connectivity index (χ2n) is 6.35. The first kappa shape index (κ1) is 19.1. The van der Waals surface area contributed by atoms with E-state index >= 15 is 0 Å². The van der Waals surface area contributed by atoms with Crippen LogP contribution in [0.15, 0.2) is 12.3 Å². The fourth-order valence-electron chi connectivity index (χ4n) is 2.28. The number of fused-ring (bicyclic) bond motifs is 1. The van der Waals surface area contributed by atoms with Gasteiger partial charge in [0.05, 0.1) is 13.7 Å². The number of nitrogens with zero attached hydrogens (tertiary/aromatic N) is 3. The number of halogens is 1. The number of esters is 2. The Morgan fingerprint density at radius 2 is 2.08 bits per heavy atom. The molecule has 0 spiro atoms. The maximum atomic E-state index is 12.0. The van der Waals surface area contributed by atoms with Crippen molar-refractivity contribution in [2.45, 2.75) is 32.9 Å². The van der Waals surface area contributed by atoms with E-state index in [0.717, 1.165) is 0 Å². The highest BCUT2D eigenvalue weighted by molar-refractivity contribution is 6.28. The Bertz CT molecular complexity index is 782. The number of carbonyl (C=O) groups excluding carboxylic acids is 2. The molecule has 0 atom stereocenters. The Balaban J connectivity index is 2.08. The highest BCUT2D eigenvalue weighted by atomic mass is 35.5. The van der Waals surface area contributed by atoms with E-state index in [-0.39, 0.29) is 17.8 Å². The van der Waals surface area contributed by atoms with Crippen LogP contribution in [0.1, 0.15) is 31.3 Å². The number of methoxy groups -OCH3 is 1. The number of rotatable bonds is 6. The number of carbonyl (C=O) groups is 2. The molecule has 25 heavy (non-hydrogen) atoms. The van der Waals surface area contributed by atoms with Gasteiger partial charge in [-0.15, -0.1) is 0 Å². The van der Waals surface area contributed by atoms with Crippen LogP contribution in [0.5, 0.6) is 0 Å². The summed E-state index contributed by atoms with van der Waals surface area (Å²) >= 11 is 5.85. The Labute approximate surface area is 150 Å². The average molecular weight is 369 g/mol. The molecular weight excluding hydrogens is 348 g/mol. The molecule has 0 fully saturated rings. The molecule has 0 bridgehead atoms. The molecule has 2 rings (SSSR count). The summed E-state index contributed by atoms with van der Waals surface area (Å²) < 4.78 is 11.7. The molecule has 2 heterocycles. The third-order valence-electron chi connectivity index (χ3n) is 3.20. The van der Waals surface area contributed by atoms with Gasteiger partial charge in [0.2, 0.25) is 5.28 Å². The lowest BCUT2D eigenvalue weighted by Gasteiger charge is -2.19. The van der Waals surface area contributed by atoms with Crippen molar-refractivity contribution in [1.82, 2.24) is 19.9 Å². The minimum atomic E-state index is -0.527. The zero-order valence-corrected chi connectivity index (χ0v) is 15.4. The predicted octanol–water partition coefficient (Wildman–Crippen LogP) is 1.80. The second-order valence-corrected chi connectivity index (χ2v) is 6.69. The zero-order valence-electron chi connectivity index (χ0n) is 14.6. The van der Waals surface area contributed by atoms with E-state index in [2.05, 4.69) is 15.3 Å². The van der Waals surface area contributed by atoms with Gasteiger partial charge in [-0.05, 0) is 38.4 Å². The molecule has 8 nitrogen and oxygen atoms in total. The van der Waals surface area contributed by atoms with E-state index < -0.39 is 11.6 Å². The zero-order chi connectivity index (χ0) is 18.6. The van der Waals surface area contributed by atoms with Crippen molar-refractivity contribution >= 4 is 34.6 Å². The summed E-state index contributed by atoms with van der Waals surface area (Å²) in [6, 6.07) is 1.64. The number of aromatic nitrogens is 3. The normalized spacial score (nSPS) is 11.6. The monoisotopic (exact) mass is 368 g/mol. The van der Waals surface area contributed by atoms with Crippen molar-refractivity contribution < 1.29 is 19.1 Å².